The highest BCUT2D eigenvalue weighted by Crippen LogP contribution is 2.13. The van der Waals surface area contributed by atoms with Crippen LogP contribution in [0.25, 0.3) is 0 Å². The molecule has 5 heteroatoms. The average Bonchev–Trinajstić information content (AvgIpc) is 2.77. The van der Waals surface area contributed by atoms with E-state index in [1.54, 1.807) is 6.33 Å². The summed E-state index contributed by atoms with van der Waals surface area (Å²) in [6.45, 7) is 8.61. The predicted molar refractivity (Wildman–Crippen MR) is 79.0 cm³/mol. The molecular weight excluding hydrogens is 244 g/mol. The van der Waals surface area contributed by atoms with E-state index in [4.69, 9.17) is 0 Å². The number of hydrogen-bond donors (Lipinski definition) is 1. The summed E-state index contributed by atoms with van der Waals surface area (Å²) in [5.41, 5.74) is 0. The number of hydrogen-bond acceptors (Lipinski definition) is 4. The Morgan fingerprint density at radius 2 is 2.22 bits per heavy atom. The first-order chi connectivity index (χ1) is 8.72. The molecule has 0 aliphatic rings. The Labute approximate surface area is 115 Å². The summed E-state index contributed by atoms with van der Waals surface area (Å²) in [5, 5.41) is 7.88. The van der Waals surface area contributed by atoms with E-state index in [2.05, 4.69) is 42.4 Å². The molecule has 1 aromatic heterocycles. The van der Waals surface area contributed by atoms with E-state index in [0.717, 1.165) is 31.8 Å². The van der Waals surface area contributed by atoms with Crippen molar-refractivity contribution in [2.24, 2.45) is 5.92 Å². The molecule has 0 spiro atoms. The van der Waals surface area contributed by atoms with Crippen molar-refractivity contribution < 1.29 is 0 Å². The molecule has 0 aliphatic heterocycles. The molecule has 1 N–H and O–H groups in total. The molecule has 1 aromatic rings. The van der Waals surface area contributed by atoms with Crippen LogP contribution in [0.15, 0.2) is 6.33 Å². The fraction of sp³-hybridized carbons (Fsp3) is 0.846. The molecule has 0 fully saturated rings. The lowest BCUT2D eigenvalue weighted by atomic mass is 10.0. The van der Waals surface area contributed by atoms with Crippen LogP contribution >= 0.6 is 11.8 Å². The molecule has 0 saturated carbocycles. The Kier molecular flexibility index (Phi) is 7.35. The van der Waals surface area contributed by atoms with Gasteiger partial charge in [0.15, 0.2) is 0 Å². The minimum absolute atomic E-state index is 0.488. The molecule has 0 amide bonds. The van der Waals surface area contributed by atoms with E-state index in [9.17, 15) is 0 Å². The van der Waals surface area contributed by atoms with Gasteiger partial charge in [-0.2, -0.15) is 16.9 Å². The van der Waals surface area contributed by atoms with Crippen molar-refractivity contribution in [3.8, 4) is 0 Å². The standard InChI is InChI=1S/C13H26N4S/c1-5-7-17-13(15-10-16-17)8-12(14-6-2)11(3)9-18-4/h10-12,14H,5-9H2,1-4H3. The maximum Gasteiger partial charge on any atom is 0.138 e. The maximum atomic E-state index is 4.40. The third-order valence-electron chi connectivity index (χ3n) is 3.12. The first-order valence-corrected chi connectivity index (χ1v) is 8.21. The lowest BCUT2D eigenvalue weighted by molar-refractivity contribution is 0.394. The molecule has 0 saturated heterocycles. The van der Waals surface area contributed by atoms with Crippen LogP contribution < -0.4 is 5.32 Å². The number of nitrogens with zero attached hydrogens (tertiary/aromatic N) is 3. The Bertz CT molecular complexity index is 327. The van der Waals surface area contributed by atoms with Gasteiger partial charge in [-0.15, -0.1) is 0 Å². The second kappa shape index (κ2) is 8.53. The van der Waals surface area contributed by atoms with E-state index >= 15 is 0 Å². The van der Waals surface area contributed by atoms with Crippen molar-refractivity contribution >= 4 is 11.8 Å². The van der Waals surface area contributed by atoms with Gasteiger partial charge in [0.25, 0.3) is 0 Å². The number of thioether (sulfide) groups is 1. The molecule has 0 aliphatic carbocycles. The topological polar surface area (TPSA) is 42.7 Å². The minimum atomic E-state index is 0.488. The van der Waals surface area contributed by atoms with Gasteiger partial charge in [0.1, 0.15) is 12.2 Å². The molecule has 1 heterocycles. The molecule has 0 bridgehead atoms. The van der Waals surface area contributed by atoms with E-state index in [0.29, 0.717) is 12.0 Å². The number of nitrogens with one attached hydrogen (secondary N) is 1. The third kappa shape index (κ3) is 4.61. The zero-order valence-electron chi connectivity index (χ0n) is 12.0. The van der Waals surface area contributed by atoms with E-state index in [-0.39, 0.29) is 0 Å². The van der Waals surface area contributed by atoms with Crippen molar-refractivity contribution in [2.75, 3.05) is 18.6 Å². The molecule has 18 heavy (non-hydrogen) atoms. The van der Waals surface area contributed by atoms with Gasteiger partial charge in [-0.05, 0) is 30.9 Å². The van der Waals surface area contributed by atoms with Crippen molar-refractivity contribution in [1.82, 2.24) is 20.1 Å². The number of aromatic nitrogens is 3. The SMILES string of the molecule is CCCn1ncnc1CC(NCC)C(C)CSC. The molecule has 4 nitrogen and oxygen atoms in total. The first-order valence-electron chi connectivity index (χ1n) is 6.81. The Morgan fingerprint density at radius 3 is 2.83 bits per heavy atom. The van der Waals surface area contributed by atoms with Crippen molar-refractivity contribution in [2.45, 2.75) is 46.2 Å². The fourth-order valence-corrected chi connectivity index (χ4v) is 2.92. The number of aryl methyl sites for hydroxylation is 1. The van der Waals surface area contributed by atoms with Crippen LogP contribution in [0.5, 0.6) is 0 Å². The van der Waals surface area contributed by atoms with Gasteiger partial charge in [-0.25, -0.2) is 4.98 Å². The van der Waals surface area contributed by atoms with Gasteiger partial charge in [-0.1, -0.05) is 20.8 Å². The summed E-state index contributed by atoms with van der Waals surface area (Å²) in [4.78, 5) is 4.40. The van der Waals surface area contributed by atoms with Crippen LogP contribution in [0.3, 0.4) is 0 Å². The van der Waals surface area contributed by atoms with Crippen LogP contribution in [-0.4, -0.2) is 39.4 Å². The highest BCUT2D eigenvalue weighted by Gasteiger charge is 2.19. The van der Waals surface area contributed by atoms with E-state index in [1.165, 1.54) is 5.75 Å². The van der Waals surface area contributed by atoms with Gasteiger partial charge in [0.05, 0.1) is 0 Å². The summed E-state index contributed by atoms with van der Waals surface area (Å²) in [6.07, 6.45) is 5.91. The Hall–Kier alpha value is -0.550. The van der Waals surface area contributed by atoms with Crippen molar-refractivity contribution in [3.63, 3.8) is 0 Å². The minimum Gasteiger partial charge on any atom is -0.314 e. The predicted octanol–water partition coefficient (Wildman–Crippen LogP) is 2.21. The van der Waals surface area contributed by atoms with Crippen LogP contribution in [0.1, 0.15) is 33.0 Å². The molecule has 0 aromatic carbocycles. The lowest BCUT2D eigenvalue weighted by Crippen LogP contribution is -2.38. The van der Waals surface area contributed by atoms with E-state index in [1.807, 2.05) is 16.4 Å². The quantitative estimate of drug-likeness (QED) is 0.747. The lowest BCUT2D eigenvalue weighted by Gasteiger charge is -2.24. The van der Waals surface area contributed by atoms with Gasteiger partial charge in [-0.3, -0.25) is 4.68 Å². The normalized spacial score (nSPS) is 14.7. The molecule has 2 atom stereocenters. The van der Waals surface area contributed by atoms with Gasteiger partial charge in [0.2, 0.25) is 0 Å². The second-order valence-corrected chi connectivity index (χ2v) is 5.61. The van der Waals surface area contributed by atoms with Crippen molar-refractivity contribution in [1.29, 1.82) is 0 Å². The zero-order chi connectivity index (χ0) is 13.4. The van der Waals surface area contributed by atoms with Crippen LogP contribution in [0.4, 0.5) is 0 Å². The molecule has 104 valence electrons. The van der Waals surface area contributed by atoms with Gasteiger partial charge < -0.3 is 5.32 Å². The Morgan fingerprint density at radius 1 is 1.44 bits per heavy atom. The molecular formula is C13H26N4S. The Balaban J connectivity index is 2.66. The highest BCUT2D eigenvalue weighted by atomic mass is 32.2. The zero-order valence-corrected chi connectivity index (χ0v) is 12.8. The largest absolute Gasteiger partial charge is 0.314 e. The third-order valence-corrected chi connectivity index (χ3v) is 3.98. The summed E-state index contributed by atoms with van der Waals surface area (Å²) >= 11 is 1.91. The average molecular weight is 270 g/mol. The van der Waals surface area contributed by atoms with Crippen molar-refractivity contribution in [3.05, 3.63) is 12.2 Å². The van der Waals surface area contributed by atoms with Gasteiger partial charge in [0, 0.05) is 19.0 Å². The van der Waals surface area contributed by atoms with Crippen LogP contribution in [0, 0.1) is 5.92 Å². The second-order valence-electron chi connectivity index (χ2n) is 4.70. The molecule has 1 rings (SSSR count). The highest BCUT2D eigenvalue weighted by molar-refractivity contribution is 7.98. The van der Waals surface area contributed by atoms with Gasteiger partial charge >= 0.3 is 0 Å². The summed E-state index contributed by atoms with van der Waals surface area (Å²) in [5.74, 6) is 2.93. The molecule has 0 radical (unpaired) electrons. The number of likely N-dealkylation sites (N-methyl/N-ethyl adjacent to an activating group) is 1. The smallest absolute Gasteiger partial charge is 0.138 e. The molecule has 2 unspecified atom stereocenters. The number of rotatable bonds is 9. The fourth-order valence-electron chi connectivity index (χ4n) is 2.16. The first kappa shape index (κ1) is 15.5. The summed E-state index contributed by atoms with van der Waals surface area (Å²) in [6, 6.07) is 0.488. The van der Waals surface area contributed by atoms with Crippen LogP contribution in [-0.2, 0) is 13.0 Å². The van der Waals surface area contributed by atoms with E-state index < -0.39 is 0 Å². The summed E-state index contributed by atoms with van der Waals surface area (Å²) in [7, 11) is 0. The summed E-state index contributed by atoms with van der Waals surface area (Å²) < 4.78 is 2.04. The monoisotopic (exact) mass is 270 g/mol. The maximum absolute atomic E-state index is 4.40. The van der Waals surface area contributed by atoms with Crippen LogP contribution in [0.2, 0.25) is 0 Å².